The van der Waals surface area contributed by atoms with Crippen LogP contribution in [0.15, 0.2) is 62.8 Å². The van der Waals surface area contributed by atoms with Crippen LogP contribution in [0.4, 0.5) is 0 Å². The van der Waals surface area contributed by atoms with E-state index in [-0.39, 0.29) is 9.80 Å². The second kappa shape index (κ2) is 6.44. The summed E-state index contributed by atoms with van der Waals surface area (Å²) in [4.78, 5) is -0.288. The van der Waals surface area contributed by atoms with Crippen LogP contribution in [-0.4, -0.2) is 8.42 Å². The molecule has 0 fully saturated rings. The molecule has 21 heavy (non-hydrogen) atoms. The van der Waals surface area contributed by atoms with Crippen molar-refractivity contribution in [3.05, 3.63) is 68.5 Å². The first-order chi connectivity index (χ1) is 9.95. The molecule has 0 aliphatic heterocycles. The van der Waals surface area contributed by atoms with Crippen molar-refractivity contribution in [3.8, 4) is 6.07 Å². The van der Waals surface area contributed by atoms with Crippen molar-refractivity contribution in [2.45, 2.75) is 4.90 Å². The van der Waals surface area contributed by atoms with E-state index in [0.717, 1.165) is 0 Å². The van der Waals surface area contributed by atoms with Crippen LogP contribution in [-0.2, 0) is 9.84 Å². The fourth-order valence-corrected chi connectivity index (χ4v) is 3.32. The van der Waals surface area contributed by atoms with Crippen molar-refractivity contribution >= 4 is 43.4 Å². The Morgan fingerprint density at radius 2 is 1.76 bits per heavy atom. The van der Waals surface area contributed by atoms with Gasteiger partial charge in [-0.15, -0.1) is 0 Å². The smallest absolute Gasteiger partial charge is 0.216 e. The van der Waals surface area contributed by atoms with Crippen molar-refractivity contribution in [3.63, 3.8) is 0 Å². The van der Waals surface area contributed by atoms with E-state index in [4.69, 9.17) is 11.6 Å². The molecule has 0 spiro atoms. The van der Waals surface area contributed by atoms with E-state index in [9.17, 15) is 13.7 Å². The highest BCUT2D eigenvalue weighted by atomic mass is 79.9. The van der Waals surface area contributed by atoms with Crippen molar-refractivity contribution in [1.82, 2.24) is 0 Å². The first kappa shape index (κ1) is 15.8. The van der Waals surface area contributed by atoms with Crippen LogP contribution in [0.3, 0.4) is 0 Å². The zero-order valence-corrected chi connectivity index (χ0v) is 13.8. The van der Waals surface area contributed by atoms with Gasteiger partial charge in [0, 0.05) is 9.50 Å². The minimum absolute atomic E-state index is 0.0340. The lowest BCUT2D eigenvalue weighted by Crippen LogP contribution is -2.03. The Balaban J connectivity index is 2.53. The van der Waals surface area contributed by atoms with Crippen molar-refractivity contribution < 1.29 is 8.42 Å². The zero-order chi connectivity index (χ0) is 15.5. The number of halogens is 2. The van der Waals surface area contributed by atoms with Gasteiger partial charge in [-0.2, -0.15) is 5.26 Å². The third-order valence-electron chi connectivity index (χ3n) is 2.72. The molecule has 0 aromatic heterocycles. The fourth-order valence-electron chi connectivity index (χ4n) is 1.64. The van der Waals surface area contributed by atoms with Gasteiger partial charge in [-0.05, 0) is 42.0 Å². The van der Waals surface area contributed by atoms with Gasteiger partial charge >= 0.3 is 0 Å². The average molecular weight is 383 g/mol. The summed E-state index contributed by atoms with van der Waals surface area (Å²) in [6, 6.07) is 14.5. The van der Waals surface area contributed by atoms with E-state index in [0.29, 0.717) is 15.1 Å². The topological polar surface area (TPSA) is 57.9 Å². The van der Waals surface area contributed by atoms with Gasteiger partial charge in [-0.1, -0.05) is 45.7 Å². The molecular formula is C15H9BrClNO2S. The van der Waals surface area contributed by atoms with E-state index < -0.39 is 9.84 Å². The third kappa shape index (κ3) is 3.53. The Bertz CT molecular complexity index is 837. The standard InChI is InChI=1S/C15H9BrClNO2S/c16-15-4-2-1-3-11(15)9-14(10-18)21(19,20)13-7-5-12(17)6-8-13/h1-9H/b14-9-. The maximum atomic E-state index is 12.4. The summed E-state index contributed by atoms with van der Waals surface area (Å²) in [5, 5.41) is 9.62. The molecule has 106 valence electrons. The molecule has 0 aliphatic carbocycles. The summed E-state index contributed by atoms with van der Waals surface area (Å²) >= 11 is 9.07. The van der Waals surface area contributed by atoms with E-state index in [2.05, 4.69) is 15.9 Å². The SMILES string of the molecule is N#C/C(=C/c1ccccc1Br)S(=O)(=O)c1ccc(Cl)cc1. The van der Waals surface area contributed by atoms with Crippen molar-refractivity contribution in [2.24, 2.45) is 0 Å². The highest BCUT2D eigenvalue weighted by molar-refractivity contribution is 9.10. The van der Waals surface area contributed by atoms with Gasteiger partial charge < -0.3 is 0 Å². The van der Waals surface area contributed by atoms with Gasteiger partial charge in [-0.3, -0.25) is 0 Å². The van der Waals surface area contributed by atoms with Crippen LogP contribution in [0, 0.1) is 11.3 Å². The van der Waals surface area contributed by atoms with Crippen LogP contribution >= 0.6 is 27.5 Å². The van der Waals surface area contributed by atoms with E-state index in [1.165, 1.54) is 30.3 Å². The molecule has 0 bridgehead atoms. The molecule has 0 amide bonds. The van der Waals surface area contributed by atoms with Gasteiger partial charge in [0.2, 0.25) is 9.84 Å². The first-order valence-electron chi connectivity index (χ1n) is 5.82. The Hall–Kier alpha value is -1.61. The summed E-state index contributed by atoms with van der Waals surface area (Å²) in [6.45, 7) is 0. The number of sulfone groups is 1. The van der Waals surface area contributed by atoms with Gasteiger partial charge in [0.05, 0.1) is 4.90 Å². The first-order valence-corrected chi connectivity index (χ1v) is 8.47. The molecule has 2 aromatic carbocycles. The second-order valence-corrected chi connectivity index (χ2v) is 7.31. The van der Waals surface area contributed by atoms with Gasteiger partial charge in [0.15, 0.2) is 0 Å². The maximum absolute atomic E-state index is 12.4. The number of benzene rings is 2. The predicted octanol–water partition coefficient (Wildman–Crippen LogP) is 4.44. The number of hydrogen-bond donors (Lipinski definition) is 0. The fraction of sp³-hybridized carbons (Fsp3) is 0. The van der Waals surface area contributed by atoms with E-state index >= 15 is 0 Å². The Morgan fingerprint density at radius 1 is 1.14 bits per heavy atom. The number of allylic oxidation sites excluding steroid dienone is 1. The maximum Gasteiger partial charge on any atom is 0.216 e. The Kier molecular flexibility index (Phi) is 4.84. The molecule has 6 heteroatoms. The predicted molar refractivity (Wildman–Crippen MR) is 86.4 cm³/mol. The Morgan fingerprint density at radius 3 is 2.33 bits per heavy atom. The minimum Gasteiger partial charge on any atom is -0.218 e. The lowest BCUT2D eigenvalue weighted by molar-refractivity contribution is 0.603. The van der Waals surface area contributed by atoms with Crippen molar-refractivity contribution in [1.29, 1.82) is 5.26 Å². The zero-order valence-electron chi connectivity index (χ0n) is 10.6. The molecule has 0 aliphatic rings. The van der Waals surface area contributed by atoms with Gasteiger partial charge in [0.25, 0.3) is 0 Å². The number of rotatable bonds is 3. The lowest BCUT2D eigenvalue weighted by Gasteiger charge is -2.04. The quantitative estimate of drug-likeness (QED) is 0.737. The van der Waals surface area contributed by atoms with Crippen LogP contribution < -0.4 is 0 Å². The van der Waals surface area contributed by atoms with Crippen molar-refractivity contribution in [2.75, 3.05) is 0 Å². The highest BCUT2D eigenvalue weighted by Crippen LogP contribution is 2.25. The number of hydrogen-bond acceptors (Lipinski definition) is 3. The third-order valence-corrected chi connectivity index (χ3v) is 5.37. The molecule has 0 atom stereocenters. The van der Waals surface area contributed by atoms with E-state index in [1.807, 2.05) is 0 Å². The molecule has 0 unspecified atom stereocenters. The van der Waals surface area contributed by atoms with Gasteiger partial charge in [0.1, 0.15) is 11.0 Å². The molecule has 2 aromatic rings. The second-order valence-electron chi connectivity index (χ2n) is 4.10. The van der Waals surface area contributed by atoms with Crippen LogP contribution in [0.1, 0.15) is 5.56 Å². The Labute approximate surface area is 136 Å². The molecule has 2 rings (SSSR count). The molecule has 0 N–H and O–H groups in total. The normalized spacial score (nSPS) is 12.0. The molecular weight excluding hydrogens is 374 g/mol. The molecule has 0 radical (unpaired) electrons. The summed E-state index contributed by atoms with van der Waals surface area (Å²) in [5.41, 5.74) is 0.617. The summed E-state index contributed by atoms with van der Waals surface area (Å²) in [5.74, 6) is 0. The monoisotopic (exact) mass is 381 g/mol. The number of nitrogens with zero attached hydrogens (tertiary/aromatic N) is 1. The lowest BCUT2D eigenvalue weighted by atomic mass is 10.2. The van der Waals surface area contributed by atoms with Crippen LogP contribution in [0.5, 0.6) is 0 Å². The molecule has 3 nitrogen and oxygen atoms in total. The number of nitriles is 1. The molecule has 0 heterocycles. The highest BCUT2D eigenvalue weighted by Gasteiger charge is 2.20. The molecule has 0 saturated heterocycles. The minimum atomic E-state index is -3.86. The average Bonchev–Trinajstić information content (AvgIpc) is 2.46. The summed E-state index contributed by atoms with van der Waals surface area (Å²) < 4.78 is 25.6. The van der Waals surface area contributed by atoms with Gasteiger partial charge in [-0.25, -0.2) is 8.42 Å². The molecule has 0 saturated carbocycles. The van der Waals surface area contributed by atoms with Crippen LogP contribution in [0.25, 0.3) is 6.08 Å². The summed E-state index contributed by atoms with van der Waals surface area (Å²) in [6.07, 6.45) is 1.34. The summed E-state index contributed by atoms with van der Waals surface area (Å²) in [7, 11) is -3.86. The van der Waals surface area contributed by atoms with Crippen LogP contribution in [0.2, 0.25) is 5.02 Å². The largest absolute Gasteiger partial charge is 0.218 e. The van der Waals surface area contributed by atoms with E-state index in [1.54, 1.807) is 30.3 Å².